The molecule has 6 heteroatoms. The number of hydrogen-bond acceptors (Lipinski definition) is 2. The van der Waals surface area contributed by atoms with Crippen molar-refractivity contribution in [3.63, 3.8) is 0 Å². The van der Waals surface area contributed by atoms with Gasteiger partial charge in [-0.05, 0) is 40.4 Å². The number of rotatable bonds is 7. The first-order chi connectivity index (χ1) is 36.6. The number of pyridine rings is 1. The van der Waals surface area contributed by atoms with Gasteiger partial charge in [-0.15, -0.1) is 0 Å². The van der Waals surface area contributed by atoms with Gasteiger partial charge in [0.05, 0.1) is 0 Å². The van der Waals surface area contributed by atoms with Crippen LogP contribution in [0.25, 0.3) is 72.3 Å². The Morgan fingerprint density at radius 3 is 1.91 bits per heavy atom. The second-order valence-corrected chi connectivity index (χ2v) is 21.5. The summed E-state index contributed by atoms with van der Waals surface area (Å²) in [4.78, 5) is 4.97. The number of ether oxygens (including phenoxy) is 1. The number of benzene rings is 7. The Morgan fingerprint density at radius 2 is 1.28 bits per heavy atom. The number of nitrogens with zero attached hydrogens (tertiary/aromatic N) is 4. The molecule has 0 saturated heterocycles. The average molecular weight is 1080 g/mol. The quantitative estimate of drug-likeness (QED) is 0.149. The molecule has 1 aliphatic rings. The van der Waals surface area contributed by atoms with E-state index >= 15 is 0 Å². The molecule has 0 fully saturated rings. The van der Waals surface area contributed by atoms with E-state index in [0.717, 1.165) is 38.8 Å². The zero-order valence-corrected chi connectivity index (χ0v) is 42.0. The Bertz CT molecular complexity index is 4170. The predicted molar refractivity (Wildman–Crippen MR) is 276 cm³/mol. The van der Waals surface area contributed by atoms with Crippen LogP contribution < -0.4 is 4.74 Å². The Morgan fingerprint density at radius 1 is 0.647 bits per heavy atom. The third-order valence-electron chi connectivity index (χ3n) is 15.0. The molecule has 7 aromatic carbocycles. The van der Waals surface area contributed by atoms with E-state index in [9.17, 15) is 5.48 Å². The molecule has 0 radical (unpaired) electrons. The summed E-state index contributed by atoms with van der Waals surface area (Å²) in [6, 6.07) is 31.3. The van der Waals surface area contributed by atoms with E-state index < -0.39 is 65.8 Å². The number of hydrogen-bond donors (Lipinski definition) is 0. The molecule has 5 nitrogen and oxygen atoms in total. The predicted octanol–water partition coefficient (Wildman–Crippen LogP) is 15.9. The molecule has 1 aliphatic carbocycles. The van der Waals surface area contributed by atoms with Gasteiger partial charge in [0, 0.05) is 6.20 Å². The fourth-order valence-corrected chi connectivity index (χ4v) is 11.4. The second kappa shape index (κ2) is 15.8. The van der Waals surface area contributed by atoms with Gasteiger partial charge < -0.3 is 0 Å². The van der Waals surface area contributed by atoms with E-state index in [4.69, 9.17) is 17.9 Å². The van der Waals surface area contributed by atoms with Crippen LogP contribution in [0, 0.1) is 28.3 Å². The van der Waals surface area contributed by atoms with Crippen LogP contribution in [0.1, 0.15) is 98.3 Å². The molecule has 3 aromatic heterocycles. The van der Waals surface area contributed by atoms with Crippen molar-refractivity contribution < 1.29 is 37.8 Å². The molecule has 342 valence electrons. The van der Waals surface area contributed by atoms with Gasteiger partial charge in [-0.1, -0.05) is 47.6 Å². The van der Waals surface area contributed by atoms with Crippen LogP contribution in [0.2, 0.25) is 0 Å². The molecule has 10 aromatic rings. The topological polar surface area (TPSA) is 36.9 Å². The van der Waals surface area contributed by atoms with E-state index in [2.05, 4.69) is 130 Å². The minimum atomic E-state index is -0.563. The van der Waals surface area contributed by atoms with Crippen molar-refractivity contribution >= 4 is 32.8 Å². The SMILES string of the molecule is [2H]c1c([2H])c([2H])c(-c2cccc(-c3c([2H])c([2H])c([2H])c([2H])c3[2H])c2-n2[c](=[Pt])n(-c3[c-]c(Oc4[c-]c5c(cc4)c4ccc6c(c4n5-c4cc(C)ccn4)C(C)(C)C(C)(C)C6(C)C)cc(C(C)(C)C)c3)c3ccccc32)c([2H])c1[2H]. The summed E-state index contributed by atoms with van der Waals surface area (Å²) >= 11 is 2.19. The molecule has 3 heterocycles. The van der Waals surface area contributed by atoms with Crippen LogP contribution in [0.5, 0.6) is 11.5 Å². The van der Waals surface area contributed by atoms with Gasteiger partial charge in [-0.25, -0.2) is 0 Å². The summed E-state index contributed by atoms with van der Waals surface area (Å²) in [5.41, 5.74) is 7.93. The van der Waals surface area contributed by atoms with Gasteiger partial charge in [0.2, 0.25) is 0 Å². The van der Waals surface area contributed by atoms with Crippen LogP contribution in [0.4, 0.5) is 0 Å². The van der Waals surface area contributed by atoms with E-state index in [1.807, 2.05) is 63.9 Å². The van der Waals surface area contributed by atoms with E-state index in [-0.39, 0.29) is 44.2 Å². The van der Waals surface area contributed by atoms with Crippen molar-refractivity contribution in [2.24, 2.45) is 5.41 Å². The van der Waals surface area contributed by atoms with Crippen molar-refractivity contribution in [2.45, 2.75) is 85.5 Å². The molecule has 0 saturated carbocycles. The molecule has 68 heavy (non-hydrogen) atoms. The van der Waals surface area contributed by atoms with Gasteiger partial charge >= 0.3 is 333 Å². The fourth-order valence-electron chi connectivity index (χ4n) is 10.3. The summed E-state index contributed by atoms with van der Waals surface area (Å²) in [7, 11) is 0. The average Bonchev–Trinajstić information content (AvgIpc) is 4.11. The molecule has 0 aliphatic heterocycles. The van der Waals surface area contributed by atoms with E-state index in [1.54, 1.807) is 18.2 Å². The van der Waals surface area contributed by atoms with Gasteiger partial charge in [0.15, 0.2) is 0 Å². The molecule has 0 atom stereocenters. The first kappa shape index (κ1) is 33.8. The number of para-hydroxylation sites is 3. The summed E-state index contributed by atoms with van der Waals surface area (Å²) in [6.07, 6.45) is 1.85. The first-order valence-electron chi connectivity index (χ1n) is 27.8. The van der Waals surface area contributed by atoms with Gasteiger partial charge in [0.1, 0.15) is 0 Å². The molecule has 11 rings (SSSR count). The molecule has 0 spiro atoms. The van der Waals surface area contributed by atoms with Crippen LogP contribution in [0.3, 0.4) is 0 Å². The molecule has 0 unspecified atom stereocenters. The maximum absolute atomic E-state index is 9.18. The summed E-state index contributed by atoms with van der Waals surface area (Å²) < 4.78 is 102. The summed E-state index contributed by atoms with van der Waals surface area (Å²) in [5, 5.41) is 2.12. The van der Waals surface area contributed by atoms with E-state index in [0.29, 0.717) is 32.0 Å². The first-order valence-corrected chi connectivity index (χ1v) is 23.9. The van der Waals surface area contributed by atoms with Crippen molar-refractivity contribution in [3.8, 4) is 50.9 Å². The van der Waals surface area contributed by atoms with Gasteiger partial charge in [0.25, 0.3) is 0 Å². The van der Waals surface area contributed by atoms with Crippen molar-refractivity contribution in [3.05, 3.63) is 196 Å². The monoisotopic (exact) mass is 1080 g/mol. The Kier molecular flexibility index (Phi) is 7.84. The molecular formula is C62H56N4OPt-2. The molecule has 0 amide bonds. The van der Waals surface area contributed by atoms with Crippen LogP contribution in [0.15, 0.2) is 158 Å². The van der Waals surface area contributed by atoms with Crippen LogP contribution >= 0.6 is 0 Å². The third-order valence-corrected chi connectivity index (χ3v) is 16.0. The molecule has 0 bridgehead atoms. The summed E-state index contributed by atoms with van der Waals surface area (Å²) in [6.45, 7) is 22.6. The third kappa shape index (κ3) is 6.67. The van der Waals surface area contributed by atoms with Crippen molar-refractivity contribution in [1.29, 1.82) is 0 Å². The Labute approximate surface area is 425 Å². The van der Waals surface area contributed by atoms with Gasteiger partial charge in [-0.2, -0.15) is 0 Å². The van der Waals surface area contributed by atoms with Crippen molar-refractivity contribution in [2.75, 3.05) is 0 Å². The Hall–Kier alpha value is -6.55. The van der Waals surface area contributed by atoms with Crippen LogP contribution in [-0.4, -0.2) is 18.7 Å². The van der Waals surface area contributed by atoms with Gasteiger partial charge in [-0.3, -0.25) is 0 Å². The maximum atomic E-state index is 9.18. The normalized spacial score (nSPS) is 17.1. The standard InChI is InChI=1S/C62H56N4O.Pt/c1-40-32-33-63-55(34-40)66-54-38-45(28-29-49(54)50-30-31-51-56(58(50)66)61(7,8)62(9,10)60(51,5)6)67-46-36-43(59(2,3)4)35-44(37-46)64-39-65(53-27-18-17-26-52(53)64)57-47(41-20-13-11-14-21-41)24-19-25-48(57)42-22-15-12-16-23-42;/h11-36H,1-10H3;/q-2;/i11D,12D,13D,14D,15D,16D,20D,21D,22D,23D;. The zero-order chi connectivity index (χ0) is 56.2. The minimum absolute atomic E-state index is 0.0932. The fraction of sp³-hybridized carbons (Fsp3) is 0.226. The molecular weight excluding hydrogens is 1010 g/mol. The second-order valence-electron chi connectivity index (χ2n) is 20.4. The van der Waals surface area contributed by atoms with E-state index in [1.165, 1.54) is 11.1 Å². The number of aryl methyl sites for hydroxylation is 1. The molecule has 0 N–H and O–H groups in total. The zero-order valence-electron chi connectivity index (χ0n) is 49.8. The van der Waals surface area contributed by atoms with Crippen molar-refractivity contribution in [1.82, 2.24) is 18.7 Å². The summed E-state index contributed by atoms with van der Waals surface area (Å²) in [5.74, 6) is 1.65. The number of aromatic nitrogens is 4. The Balaban J connectivity index is 1.16. The number of imidazole rings is 1. The van der Waals surface area contributed by atoms with Crippen LogP contribution in [-0.2, 0) is 35.6 Å². The number of fused-ring (bicyclic) bond motifs is 6.